The normalized spacial score (nSPS) is 7.08. The molecule has 0 spiro atoms. The summed E-state index contributed by atoms with van der Waals surface area (Å²) in [6, 6.07) is 0. The molecule has 0 aliphatic rings. The van der Waals surface area contributed by atoms with Crippen LogP contribution in [0, 0.1) is 0 Å². The second kappa shape index (κ2) is 38.4. The van der Waals surface area contributed by atoms with E-state index in [9.17, 15) is 0 Å². The van der Waals surface area contributed by atoms with E-state index in [1.165, 1.54) is 0 Å². The van der Waals surface area contributed by atoms with Gasteiger partial charge in [0.15, 0.2) is 6.29 Å². The molecule has 0 saturated carbocycles. The molecule has 3 nitrogen and oxygen atoms in total. The Morgan fingerprint density at radius 3 is 1.31 bits per heavy atom. The van der Waals surface area contributed by atoms with Gasteiger partial charge in [-0.15, -0.1) is 13.2 Å². The third-order valence-corrected chi connectivity index (χ3v) is 0.664. The minimum absolute atomic E-state index is 0.0648. The number of methoxy groups -OCH3 is 2. The first-order valence-electron chi connectivity index (χ1n) is 3.05. The van der Waals surface area contributed by atoms with Crippen LogP contribution in [0.2, 0.25) is 0 Å². The third-order valence-electron chi connectivity index (χ3n) is 0.664. The van der Waals surface area contributed by atoms with Gasteiger partial charge in [-0.1, -0.05) is 0 Å². The van der Waals surface area contributed by atoms with Gasteiger partial charge in [0.2, 0.25) is 0 Å². The summed E-state index contributed by atoms with van der Waals surface area (Å²) in [6.07, 6.45) is -0.0648. The van der Waals surface area contributed by atoms with Crippen molar-refractivity contribution in [2.45, 2.75) is 13.2 Å². The molecule has 0 fully saturated rings. The predicted molar refractivity (Wildman–Crippen MR) is 54.6 cm³/mol. The maximum absolute atomic E-state index is 7.00. The summed E-state index contributed by atoms with van der Waals surface area (Å²) in [4.78, 5) is 0. The molecule has 0 aromatic heterocycles. The SMILES string of the molecule is C=C.CO.COC(C)OC.[Cl][Pd][Cl]. The van der Waals surface area contributed by atoms with E-state index in [1.807, 2.05) is 6.92 Å². The third kappa shape index (κ3) is 64.2. The van der Waals surface area contributed by atoms with E-state index in [-0.39, 0.29) is 22.2 Å². The Bertz CT molecular complexity index is 57.0. The van der Waals surface area contributed by atoms with Crippen molar-refractivity contribution in [2.24, 2.45) is 0 Å². The van der Waals surface area contributed by atoms with Crippen LogP contribution in [0.1, 0.15) is 6.92 Å². The Morgan fingerprint density at radius 2 is 1.31 bits per heavy atom. The Kier molecular flexibility index (Phi) is 69.7. The summed E-state index contributed by atoms with van der Waals surface area (Å²) in [6.45, 7) is 7.83. The van der Waals surface area contributed by atoms with E-state index in [2.05, 4.69) is 22.6 Å². The van der Waals surface area contributed by atoms with Crippen molar-refractivity contribution in [3.63, 3.8) is 0 Å². The van der Waals surface area contributed by atoms with E-state index in [4.69, 9.17) is 24.2 Å². The molecule has 0 bridgehead atoms. The molecule has 6 heteroatoms. The summed E-state index contributed by atoms with van der Waals surface area (Å²) in [5.41, 5.74) is 0. The minimum atomic E-state index is -0.106. The number of rotatable bonds is 2. The predicted octanol–water partition coefficient (Wildman–Crippen LogP) is 2.41. The van der Waals surface area contributed by atoms with Crippen LogP contribution in [0.3, 0.4) is 0 Å². The zero-order chi connectivity index (χ0) is 11.7. The fraction of sp³-hybridized carbons (Fsp3) is 0.714. The second-order valence-electron chi connectivity index (χ2n) is 1.08. The average molecular weight is 328 g/mol. The van der Waals surface area contributed by atoms with Gasteiger partial charge in [-0.25, -0.2) is 0 Å². The Hall–Kier alpha value is 0.862. The second-order valence-corrected chi connectivity index (χ2v) is 3.44. The van der Waals surface area contributed by atoms with Gasteiger partial charge in [-0.2, -0.15) is 0 Å². The van der Waals surface area contributed by atoms with Gasteiger partial charge >= 0.3 is 35.0 Å². The molecule has 0 aromatic rings. The van der Waals surface area contributed by atoms with Crippen LogP contribution < -0.4 is 0 Å². The molecule has 1 N–H and O–H groups in total. The van der Waals surface area contributed by atoms with Crippen molar-refractivity contribution in [2.75, 3.05) is 21.3 Å². The number of aliphatic hydroxyl groups is 1. The number of hydrogen-bond acceptors (Lipinski definition) is 3. The van der Waals surface area contributed by atoms with Crippen LogP contribution in [0.4, 0.5) is 0 Å². The summed E-state index contributed by atoms with van der Waals surface area (Å²) < 4.78 is 9.35. The van der Waals surface area contributed by atoms with E-state index in [0.717, 1.165) is 7.11 Å². The molecule has 0 radical (unpaired) electrons. The maximum atomic E-state index is 7.00. The first-order chi connectivity index (χ1) is 6.22. The summed E-state index contributed by atoms with van der Waals surface area (Å²) in [5, 5.41) is 7.00. The van der Waals surface area contributed by atoms with Crippen LogP contribution in [0.15, 0.2) is 13.2 Å². The molecule has 0 unspecified atom stereocenters. The van der Waals surface area contributed by atoms with E-state index >= 15 is 0 Å². The van der Waals surface area contributed by atoms with Crippen LogP contribution in [0.25, 0.3) is 0 Å². The molecular weight excluding hydrogens is 309 g/mol. The molecule has 88 valence electrons. The van der Waals surface area contributed by atoms with Crippen molar-refractivity contribution >= 4 is 19.1 Å². The standard InChI is InChI=1S/C4H10O2.C2H4.CH4O.2ClH.Pd/c1-4(5-2)6-3;2*1-2;;;/h4H,1-3H3;1-2H2;2H,1H3;2*1H;/q;;;;;+2/p-2. The average Bonchev–Trinajstić information content (AvgIpc) is 2.24. The van der Waals surface area contributed by atoms with Gasteiger partial charge < -0.3 is 14.6 Å². The molecule has 0 aromatic carbocycles. The fourth-order valence-corrected chi connectivity index (χ4v) is 0.0962. The molecule has 0 aliphatic carbocycles. The monoisotopic (exact) mass is 326 g/mol. The summed E-state index contributed by atoms with van der Waals surface area (Å²) in [5.74, 6) is 0. The summed E-state index contributed by atoms with van der Waals surface area (Å²) >= 11 is -0.106. The number of halogens is 2. The van der Waals surface area contributed by atoms with Gasteiger partial charge in [0.05, 0.1) is 0 Å². The first-order valence-corrected chi connectivity index (χ1v) is 7.06. The molecule has 13 heavy (non-hydrogen) atoms. The fourth-order valence-electron chi connectivity index (χ4n) is 0.0962. The number of aliphatic hydroxyl groups excluding tert-OH is 1. The molecule has 0 saturated heterocycles. The van der Waals surface area contributed by atoms with Crippen LogP contribution in [0.5, 0.6) is 0 Å². The Labute approximate surface area is 97.1 Å². The van der Waals surface area contributed by atoms with E-state index in [1.54, 1.807) is 14.2 Å². The Balaban J connectivity index is -0.0000000493. The van der Waals surface area contributed by atoms with Gasteiger partial charge in [-0.3, -0.25) is 0 Å². The quantitative estimate of drug-likeness (QED) is 0.481. The van der Waals surface area contributed by atoms with Crippen LogP contribution in [-0.4, -0.2) is 32.7 Å². The molecule has 0 heterocycles. The molecule has 0 rings (SSSR count). The van der Waals surface area contributed by atoms with Crippen molar-refractivity contribution in [3.8, 4) is 0 Å². The van der Waals surface area contributed by atoms with Gasteiger partial charge in [0, 0.05) is 21.3 Å². The van der Waals surface area contributed by atoms with Crippen LogP contribution >= 0.6 is 19.1 Å². The Morgan fingerprint density at radius 1 is 1.15 bits per heavy atom. The van der Waals surface area contributed by atoms with Crippen molar-refractivity contribution in [1.29, 1.82) is 0 Å². The number of ether oxygens (including phenoxy) is 2. The van der Waals surface area contributed by atoms with E-state index < -0.39 is 0 Å². The van der Waals surface area contributed by atoms with E-state index in [0.29, 0.717) is 0 Å². The molecule has 0 atom stereocenters. The first kappa shape index (κ1) is 23.6. The molecule has 0 amide bonds. The van der Waals surface area contributed by atoms with Crippen molar-refractivity contribution in [1.82, 2.24) is 0 Å². The van der Waals surface area contributed by atoms with Crippen molar-refractivity contribution < 1.29 is 30.5 Å². The van der Waals surface area contributed by atoms with Crippen molar-refractivity contribution in [3.05, 3.63) is 13.2 Å². The number of hydrogen-bond donors (Lipinski definition) is 1. The van der Waals surface area contributed by atoms with Gasteiger partial charge in [-0.05, 0) is 6.92 Å². The molecular formula is C7H18Cl2O3Pd. The summed E-state index contributed by atoms with van der Waals surface area (Å²) in [7, 11) is 13.8. The van der Waals surface area contributed by atoms with Gasteiger partial charge in [0.25, 0.3) is 0 Å². The zero-order valence-electron chi connectivity index (χ0n) is 8.33. The zero-order valence-corrected chi connectivity index (χ0v) is 11.4. The molecule has 0 aliphatic heterocycles. The van der Waals surface area contributed by atoms with Crippen LogP contribution in [-0.2, 0) is 25.4 Å². The van der Waals surface area contributed by atoms with Gasteiger partial charge in [0.1, 0.15) is 0 Å². The topological polar surface area (TPSA) is 38.7 Å².